The van der Waals surface area contributed by atoms with Crippen molar-refractivity contribution in [1.82, 2.24) is 15.5 Å². The van der Waals surface area contributed by atoms with Gasteiger partial charge in [-0.1, -0.05) is 12.1 Å². The maximum atomic E-state index is 13.6. The highest BCUT2D eigenvalue weighted by Crippen LogP contribution is 2.17. The lowest BCUT2D eigenvalue weighted by Gasteiger charge is -2.25. The van der Waals surface area contributed by atoms with Crippen LogP contribution in [0, 0.1) is 5.82 Å². The first-order valence-corrected chi connectivity index (χ1v) is 9.27. The lowest BCUT2D eigenvalue weighted by Crippen LogP contribution is -2.46. The third kappa shape index (κ3) is 6.54. The molecule has 1 atom stereocenters. The average Bonchev–Trinajstić information content (AvgIpc) is 2.64. The molecule has 0 radical (unpaired) electrons. The van der Waals surface area contributed by atoms with Gasteiger partial charge in [0.1, 0.15) is 6.10 Å². The quantitative estimate of drug-likeness (QED) is 0.409. The summed E-state index contributed by atoms with van der Waals surface area (Å²) in [6.45, 7) is 5.45. The molecule has 7 nitrogen and oxygen atoms in total. The molecule has 1 aliphatic heterocycles. The molecule has 0 bridgehead atoms. The predicted octanol–water partition coefficient (Wildman–Crippen LogP) is 1.69. The summed E-state index contributed by atoms with van der Waals surface area (Å²) in [5, 5.41) is 6.20. The zero-order valence-electron chi connectivity index (χ0n) is 15.8. The number of likely N-dealkylation sites (tertiary alicyclic amines) is 1. The van der Waals surface area contributed by atoms with Crippen LogP contribution in [-0.4, -0.2) is 55.0 Å². The number of benzene rings is 1. The van der Waals surface area contributed by atoms with Gasteiger partial charge in [-0.3, -0.25) is 14.5 Å². The van der Waals surface area contributed by atoms with Gasteiger partial charge in [0.25, 0.3) is 0 Å². The van der Waals surface area contributed by atoms with Gasteiger partial charge in [0.05, 0.1) is 6.54 Å². The number of amides is 2. The van der Waals surface area contributed by atoms with Crippen LogP contribution < -0.4 is 15.4 Å². The van der Waals surface area contributed by atoms with Gasteiger partial charge in [-0.2, -0.15) is 0 Å². The van der Waals surface area contributed by atoms with E-state index in [1.165, 1.54) is 11.0 Å². The molecule has 1 heterocycles. The van der Waals surface area contributed by atoms with E-state index in [-0.39, 0.29) is 23.7 Å². The molecule has 0 aliphatic carbocycles. The first kappa shape index (κ1) is 20.7. The zero-order chi connectivity index (χ0) is 19.6. The van der Waals surface area contributed by atoms with Crippen LogP contribution in [0.4, 0.5) is 4.39 Å². The van der Waals surface area contributed by atoms with E-state index in [1.54, 1.807) is 18.2 Å². The lowest BCUT2D eigenvalue weighted by molar-refractivity contribution is -0.147. The van der Waals surface area contributed by atoms with Gasteiger partial charge in [-0.25, -0.2) is 9.38 Å². The van der Waals surface area contributed by atoms with E-state index in [0.29, 0.717) is 51.4 Å². The van der Waals surface area contributed by atoms with Crippen molar-refractivity contribution < 1.29 is 18.7 Å². The predicted molar refractivity (Wildman–Crippen MR) is 101 cm³/mol. The van der Waals surface area contributed by atoms with Crippen molar-refractivity contribution in [3.05, 3.63) is 30.1 Å². The molecule has 148 valence electrons. The van der Waals surface area contributed by atoms with Crippen molar-refractivity contribution in [1.29, 1.82) is 0 Å². The molecule has 0 spiro atoms. The van der Waals surface area contributed by atoms with Crippen LogP contribution in [-0.2, 0) is 9.59 Å². The van der Waals surface area contributed by atoms with Gasteiger partial charge in [0, 0.05) is 32.5 Å². The van der Waals surface area contributed by atoms with E-state index in [2.05, 4.69) is 15.6 Å². The number of halogens is 1. The summed E-state index contributed by atoms with van der Waals surface area (Å²) in [6, 6.07) is 6.24. The van der Waals surface area contributed by atoms with Gasteiger partial charge in [-0.15, -0.1) is 0 Å². The van der Waals surface area contributed by atoms with Crippen LogP contribution in [0.1, 0.15) is 33.1 Å². The van der Waals surface area contributed by atoms with Crippen LogP contribution >= 0.6 is 0 Å². The Labute approximate surface area is 159 Å². The van der Waals surface area contributed by atoms with Crippen molar-refractivity contribution in [2.24, 2.45) is 4.99 Å². The first-order valence-electron chi connectivity index (χ1n) is 9.27. The Bertz CT molecular complexity index is 665. The maximum Gasteiger partial charge on any atom is 0.229 e. The molecule has 8 heteroatoms. The SMILES string of the molecule is CCNC(=NCC(C)Oc1ccccc1F)NCCN1C(=O)CCCC1=O. The molecule has 27 heavy (non-hydrogen) atoms. The minimum absolute atomic E-state index is 0.123. The van der Waals surface area contributed by atoms with E-state index < -0.39 is 5.82 Å². The van der Waals surface area contributed by atoms with E-state index in [1.807, 2.05) is 13.8 Å². The molecule has 1 saturated heterocycles. The zero-order valence-corrected chi connectivity index (χ0v) is 15.8. The molecule has 1 aromatic rings. The summed E-state index contributed by atoms with van der Waals surface area (Å²) in [7, 11) is 0. The smallest absolute Gasteiger partial charge is 0.229 e. The summed E-state index contributed by atoms with van der Waals surface area (Å²) in [4.78, 5) is 29.3. The monoisotopic (exact) mass is 378 g/mol. The number of para-hydroxylation sites is 1. The van der Waals surface area contributed by atoms with Crippen molar-refractivity contribution in [3.63, 3.8) is 0 Å². The number of nitrogens with one attached hydrogen (secondary N) is 2. The van der Waals surface area contributed by atoms with Crippen LogP contribution in [0.3, 0.4) is 0 Å². The highest BCUT2D eigenvalue weighted by atomic mass is 19.1. The van der Waals surface area contributed by atoms with Crippen molar-refractivity contribution in [2.45, 2.75) is 39.2 Å². The topological polar surface area (TPSA) is 83.0 Å². The van der Waals surface area contributed by atoms with E-state index in [9.17, 15) is 14.0 Å². The molecule has 0 saturated carbocycles. The maximum absolute atomic E-state index is 13.6. The molecule has 1 unspecified atom stereocenters. The molecular weight excluding hydrogens is 351 g/mol. The third-order valence-electron chi connectivity index (χ3n) is 4.03. The number of aliphatic imine (C=N–C) groups is 1. The van der Waals surface area contributed by atoms with Crippen molar-refractivity contribution in [3.8, 4) is 5.75 Å². The van der Waals surface area contributed by atoms with Crippen LogP contribution in [0.2, 0.25) is 0 Å². The van der Waals surface area contributed by atoms with Gasteiger partial charge >= 0.3 is 0 Å². The number of guanidine groups is 1. The number of rotatable bonds is 8. The Morgan fingerprint density at radius 1 is 1.26 bits per heavy atom. The van der Waals surface area contributed by atoms with Crippen molar-refractivity contribution >= 4 is 17.8 Å². The number of ether oxygens (including phenoxy) is 1. The minimum atomic E-state index is -0.408. The summed E-state index contributed by atoms with van der Waals surface area (Å²) >= 11 is 0. The summed E-state index contributed by atoms with van der Waals surface area (Å²) in [5.74, 6) is 0.0942. The second-order valence-electron chi connectivity index (χ2n) is 6.30. The second-order valence-corrected chi connectivity index (χ2v) is 6.30. The molecule has 2 amide bonds. The van der Waals surface area contributed by atoms with Gasteiger partial charge in [0.2, 0.25) is 11.8 Å². The Hall–Kier alpha value is -2.64. The number of carbonyl (C=O) groups excluding carboxylic acids is 2. The first-order chi connectivity index (χ1) is 13.0. The number of imide groups is 1. The van der Waals surface area contributed by atoms with E-state index in [4.69, 9.17) is 4.74 Å². The van der Waals surface area contributed by atoms with Gasteiger partial charge < -0.3 is 15.4 Å². The standard InChI is InChI=1S/C19H27FN4O3/c1-3-21-19(22-11-12-24-17(25)9-6-10-18(24)26)23-13-14(2)27-16-8-5-4-7-15(16)20/h4-5,7-8,14H,3,6,9-13H2,1-2H3,(H2,21,22,23). The number of hydrogen-bond donors (Lipinski definition) is 2. The average molecular weight is 378 g/mol. The number of piperidine rings is 1. The third-order valence-corrected chi connectivity index (χ3v) is 4.03. The Morgan fingerprint density at radius 3 is 2.63 bits per heavy atom. The van der Waals surface area contributed by atoms with Crippen molar-refractivity contribution in [2.75, 3.05) is 26.2 Å². The number of nitrogens with zero attached hydrogens (tertiary/aromatic N) is 2. The highest BCUT2D eigenvalue weighted by molar-refractivity contribution is 5.97. The van der Waals surface area contributed by atoms with Crippen LogP contribution in [0.15, 0.2) is 29.3 Å². The fourth-order valence-corrected chi connectivity index (χ4v) is 2.69. The van der Waals surface area contributed by atoms with E-state index in [0.717, 1.165) is 0 Å². The molecule has 1 aromatic carbocycles. The fourth-order valence-electron chi connectivity index (χ4n) is 2.69. The van der Waals surface area contributed by atoms with Crippen LogP contribution in [0.25, 0.3) is 0 Å². The van der Waals surface area contributed by atoms with Gasteiger partial charge in [-0.05, 0) is 32.4 Å². The highest BCUT2D eigenvalue weighted by Gasteiger charge is 2.25. The Morgan fingerprint density at radius 2 is 1.96 bits per heavy atom. The van der Waals surface area contributed by atoms with Crippen LogP contribution in [0.5, 0.6) is 5.75 Å². The minimum Gasteiger partial charge on any atom is -0.486 e. The second kappa shape index (κ2) is 10.5. The summed E-state index contributed by atoms with van der Waals surface area (Å²) in [5.41, 5.74) is 0. The molecule has 2 rings (SSSR count). The summed E-state index contributed by atoms with van der Waals surface area (Å²) < 4.78 is 19.2. The molecule has 2 N–H and O–H groups in total. The molecular formula is C19H27FN4O3. The summed E-state index contributed by atoms with van der Waals surface area (Å²) in [6.07, 6.45) is 1.16. The fraction of sp³-hybridized carbons (Fsp3) is 0.526. The number of hydrogen-bond acceptors (Lipinski definition) is 4. The Kier molecular flexibility index (Phi) is 8.03. The lowest BCUT2D eigenvalue weighted by atomic mass is 10.1. The normalized spacial score (nSPS) is 16.3. The molecule has 1 fully saturated rings. The molecule has 0 aromatic heterocycles. The number of carbonyl (C=O) groups is 2. The van der Waals surface area contributed by atoms with Gasteiger partial charge in [0.15, 0.2) is 17.5 Å². The van der Waals surface area contributed by atoms with E-state index >= 15 is 0 Å². The largest absolute Gasteiger partial charge is 0.486 e. The Balaban J connectivity index is 1.83. The molecule has 1 aliphatic rings.